The molecule has 0 atom stereocenters. The molecule has 5 heteroatoms. The van der Waals surface area contributed by atoms with Crippen LogP contribution in [0.15, 0.2) is 10.7 Å². The van der Waals surface area contributed by atoms with Crippen molar-refractivity contribution in [2.24, 2.45) is 0 Å². The molecule has 1 saturated carbocycles. The van der Waals surface area contributed by atoms with Crippen LogP contribution in [-0.2, 0) is 0 Å². The molecule has 1 aliphatic carbocycles. The Morgan fingerprint density at radius 2 is 2.14 bits per heavy atom. The van der Waals surface area contributed by atoms with E-state index in [1.165, 1.54) is 25.7 Å². The average molecular weight is 257 g/mol. The summed E-state index contributed by atoms with van der Waals surface area (Å²) in [7, 11) is 0. The summed E-state index contributed by atoms with van der Waals surface area (Å²) in [5, 5.41) is 3.37. The van der Waals surface area contributed by atoms with E-state index in [9.17, 15) is 0 Å². The van der Waals surface area contributed by atoms with Crippen LogP contribution < -0.4 is 11.1 Å². The Morgan fingerprint density at radius 3 is 2.86 bits per heavy atom. The third kappa shape index (κ3) is 2.15. The Morgan fingerprint density at radius 1 is 1.43 bits per heavy atom. The van der Waals surface area contributed by atoms with E-state index < -0.39 is 0 Å². The first-order valence-electron chi connectivity index (χ1n) is 4.80. The molecular weight excluding hydrogens is 244 g/mol. The number of nitrogens with two attached hydrogens (primary N) is 1. The van der Waals surface area contributed by atoms with Crippen molar-refractivity contribution in [3.8, 4) is 0 Å². The highest BCUT2D eigenvalue weighted by molar-refractivity contribution is 9.10. The number of rotatable bonds is 2. The van der Waals surface area contributed by atoms with E-state index in [4.69, 9.17) is 5.73 Å². The first kappa shape index (κ1) is 9.71. The van der Waals surface area contributed by atoms with E-state index in [1.54, 1.807) is 6.20 Å². The van der Waals surface area contributed by atoms with Gasteiger partial charge in [-0.05, 0) is 28.8 Å². The van der Waals surface area contributed by atoms with Crippen LogP contribution in [0, 0.1) is 0 Å². The predicted octanol–water partition coefficient (Wildman–Crippen LogP) is 2.18. The van der Waals surface area contributed by atoms with Gasteiger partial charge in [-0.15, -0.1) is 0 Å². The maximum Gasteiger partial charge on any atom is 0.221 e. The van der Waals surface area contributed by atoms with Gasteiger partial charge in [0.1, 0.15) is 5.82 Å². The lowest BCUT2D eigenvalue weighted by molar-refractivity contribution is 0.749. The van der Waals surface area contributed by atoms with E-state index in [1.807, 2.05) is 0 Å². The van der Waals surface area contributed by atoms with E-state index in [0.29, 0.717) is 12.0 Å². The molecule has 76 valence electrons. The first-order valence-corrected chi connectivity index (χ1v) is 5.59. The molecule has 0 unspecified atom stereocenters. The lowest BCUT2D eigenvalue weighted by Crippen LogP contribution is -2.16. The lowest BCUT2D eigenvalue weighted by atomic mass is 10.2. The molecule has 14 heavy (non-hydrogen) atoms. The van der Waals surface area contributed by atoms with Crippen molar-refractivity contribution < 1.29 is 0 Å². The molecule has 1 aliphatic rings. The smallest absolute Gasteiger partial charge is 0.221 e. The maximum absolute atomic E-state index is 5.52. The van der Waals surface area contributed by atoms with Crippen LogP contribution in [0.1, 0.15) is 25.7 Å². The van der Waals surface area contributed by atoms with Gasteiger partial charge < -0.3 is 11.1 Å². The van der Waals surface area contributed by atoms with Crippen LogP contribution in [0.25, 0.3) is 0 Å². The molecule has 1 heterocycles. The van der Waals surface area contributed by atoms with Crippen molar-refractivity contribution in [1.82, 2.24) is 9.97 Å². The van der Waals surface area contributed by atoms with Gasteiger partial charge in [-0.3, -0.25) is 0 Å². The molecule has 4 nitrogen and oxygen atoms in total. The van der Waals surface area contributed by atoms with Crippen LogP contribution in [0.2, 0.25) is 0 Å². The third-order valence-corrected chi connectivity index (χ3v) is 3.04. The van der Waals surface area contributed by atoms with E-state index in [0.717, 1.165) is 10.3 Å². The van der Waals surface area contributed by atoms with Gasteiger partial charge in [0.2, 0.25) is 5.95 Å². The Bertz CT molecular complexity index is 323. The lowest BCUT2D eigenvalue weighted by Gasteiger charge is -2.13. The number of halogens is 1. The fourth-order valence-corrected chi connectivity index (χ4v) is 2.05. The standard InChI is InChI=1S/C9H13BrN4/c10-7-5-12-9(11)14-8(7)13-6-3-1-2-4-6/h5-6H,1-4H2,(H3,11,12,13,14). The zero-order valence-electron chi connectivity index (χ0n) is 7.83. The number of nitrogen functional groups attached to an aromatic ring is 1. The van der Waals surface area contributed by atoms with Crippen molar-refractivity contribution in [1.29, 1.82) is 0 Å². The van der Waals surface area contributed by atoms with Gasteiger partial charge in [0.15, 0.2) is 0 Å². The largest absolute Gasteiger partial charge is 0.368 e. The number of anilines is 2. The van der Waals surface area contributed by atoms with Crippen LogP contribution in [-0.4, -0.2) is 16.0 Å². The number of nitrogens with one attached hydrogen (secondary N) is 1. The highest BCUT2D eigenvalue weighted by Gasteiger charge is 2.16. The molecule has 0 aromatic carbocycles. The van der Waals surface area contributed by atoms with Crippen molar-refractivity contribution >= 4 is 27.7 Å². The van der Waals surface area contributed by atoms with Crippen molar-refractivity contribution in [2.75, 3.05) is 11.1 Å². The molecule has 0 amide bonds. The van der Waals surface area contributed by atoms with E-state index in [-0.39, 0.29) is 0 Å². The number of hydrogen-bond donors (Lipinski definition) is 2. The summed E-state index contributed by atoms with van der Waals surface area (Å²) in [6.07, 6.45) is 6.72. The Labute approximate surface area is 91.4 Å². The zero-order valence-corrected chi connectivity index (χ0v) is 9.42. The SMILES string of the molecule is Nc1ncc(Br)c(NC2CCCC2)n1. The Hall–Kier alpha value is -0.840. The van der Waals surface area contributed by atoms with Crippen LogP contribution >= 0.6 is 15.9 Å². The summed E-state index contributed by atoms with van der Waals surface area (Å²) in [5.74, 6) is 1.12. The monoisotopic (exact) mass is 256 g/mol. The molecule has 0 saturated heterocycles. The molecule has 1 fully saturated rings. The van der Waals surface area contributed by atoms with Gasteiger partial charge in [0, 0.05) is 12.2 Å². The summed E-state index contributed by atoms with van der Waals surface area (Å²) >= 11 is 3.39. The Kier molecular flexibility index (Phi) is 2.86. The minimum Gasteiger partial charge on any atom is -0.368 e. The molecule has 0 radical (unpaired) electrons. The summed E-state index contributed by atoms with van der Waals surface area (Å²) in [4.78, 5) is 8.04. The van der Waals surface area contributed by atoms with E-state index >= 15 is 0 Å². The summed E-state index contributed by atoms with van der Waals surface area (Å²) < 4.78 is 0.874. The second-order valence-electron chi connectivity index (χ2n) is 3.55. The summed E-state index contributed by atoms with van der Waals surface area (Å²) in [5.41, 5.74) is 5.52. The molecule has 1 aromatic heterocycles. The number of aromatic nitrogens is 2. The minimum absolute atomic E-state index is 0.314. The molecule has 0 aliphatic heterocycles. The Balaban J connectivity index is 2.10. The highest BCUT2D eigenvalue weighted by atomic mass is 79.9. The van der Waals surface area contributed by atoms with Crippen molar-refractivity contribution in [3.05, 3.63) is 10.7 Å². The predicted molar refractivity (Wildman–Crippen MR) is 60.0 cm³/mol. The number of hydrogen-bond acceptors (Lipinski definition) is 4. The number of nitrogens with zero attached hydrogens (tertiary/aromatic N) is 2. The first-order chi connectivity index (χ1) is 6.75. The van der Waals surface area contributed by atoms with Crippen LogP contribution in [0.4, 0.5) is 11.8 Å². The van der Waals surface area contributed by atoms with Crippen molar-refractivity contribution in [3.63, 3.8) is 0 Å². The second-order valence-corrected chi connectivity index (χ2v) is 4.40. The molecular formula is C9H13BrN4. The van der Waals surface area contributed by atoms with Crippen LogP contribution in [0.3, 0.4) is 0 Å². The molecule has 3 N–H and O–H groups in total. The average Bonchev–Trinajstić information content (AvgIpc) is 2.64. The highest BCUT2D eigenvalue weighted by Crippen LogP contribution is 2.25. The van der Waals surface area contributed by atoms with Crippen LogP contribution in [0.5, 0.6) is 0 Å². The molecule has 0 bridgehead atoms. The summed E-state index contributed by atoms with van der Waals surface area (Å²) in [6, 6.07) is 0.542. The van der Waals surface area contributed by atoms with Gasteiger partial charge in [-0.2, -0.15) is 4.98 Å². The van der Waals surface area contributed by atoms with Gasteiger partial charge in [0.05, 0.1) is 4.47 Å². The van der Waals surface area contributed by atoms with Gasteiger partial charge >= 0.3 is 0 Å². The molecule has 1 aromatic rings. The maximum atomic E-state index is 5.52. The molecule has 0 spiro atoms. The zero-order chi connectivity index (χ0) is 9.97. The molecule has 2 rings (SSSR count). The van der Waals surface area contributed by atoms with Crippen molar-refractivity contribution in [2.45, 2.75) is 31.7 Å². The quantitative estimate of drug-likeness (QED) is 0.852. The third-order valence-electron chi connectivity index (χ3n) is 2.46. The van der Waals surface area contributed by atoms with Gasteiger partial charge in [-0.25, -0.2) is 4.98 Å². The minimum atomic E-state index is 0.314. The van der Waals surface area contributed by atoms with Gasteiger partial charge in [0.25, 0.3) is 0 Å². The summed E-state index contributed by atoms with van der Waals surface area (Å²) in [6.45, 7) is 0. The fraction of sp³-hybridized carbons (Fsp3) is 0.556. The van der Waals surface area contributed by atoms with E-state index in [2.05, 4.69) is 31.2 Å². The fourth-order valence-electron chi connectivity index (χ4n) is 1.75. The normalized spacial score (nSPS) is 17.2. The van der Waals surface area contributed by atoms with Gasteiger partial charge in [-0.1, -0.05) is 12.8 Å². The second kappa shape index (κ2) is 4.13. The topological polar surface area (TPSA) is 63.8 Å².